The Bertz CT molecular complexity index is 595. The smallest absolute Gasteiger partial charge is 0.193 e. The van der Waals surface area contributed by atoms with E-state index in [9.17, 15) is 0 Å². The van der Waals surface area contributed by atoms with Crippen molar-refractivity contribution in [2.75, 3.05) is 74.3 Å². The summed E-state index contributed by atoms with van der Waals surface area (Å²) in [7, 11) is 7.63. The van der Waals surface area contributed by atoms with E-state index in [2.05, 4.69) is 32.2 Å². The van der Waals surface area contributed by atoms with Gasteiger partial charge in [0.2, 0.25) is 0 Å². The Morgan fingerprint density at radius 3 is 2.89 bits per heavy atom. The third kappa shape index (κ3) is 8.04. The SMILES string of the molecule is CN=C(NCc1cccc(OCCN(C)C)c1)N1CCC(COCCOC)C1. The van der Waals surface area contributed by atoms with Crippen LogP contribution in [0.4, 0.5) is 0 Å². The number of methoxy groups -OCH3 is 1. The highest BCUT2D eigenvalue weighted by Crippen LogP contribution is 2.17. The number of rotatable bonds is 11. The van der Waals surface area contributed by atoms with Gasteiger partial charge in [-0.2, -0.15) is 0 Å². The van der Waals surface area contributed by atoms with Crippen molar-refractivity contribution in [2.24, 2.45) is 10.9 Å². The molecule has 0 bridgehead atoms. The van der Waals surface area contributed by atoms with Crippen LogP contribution in [0.1, 0.15) is 12.0 Å². The van der Waals surface area contributed by atoms with Crippen LogP contribution in [0.15, 0.2) is 29.3 Å². The summed E-state index contributed by atoms with van der Waals surface area (Å²) in [6.07, 6.45) is 1.13. The standard InChI is InChI=1S/C21H36N4O3/c1-22-21(25-9-8-19(16-25)17-27-13-12-26-4)23-15-18-6-5-7-20(14-18)28-11-10-24(2)3/h5-7,14,19H,8-13,15-17H2,1-4H3,(H,22,23). The van der Waals surface area contributed by atoms with E-state index in [-0.39, 0.29) is 0 Å². The molecule has 1 aliphatic heterocycles. The first-order valence-corrected chi connectivity index (χ1v) is 10.0. The molecule has 0 aromatic heterocycles. The summed E-state index contributed by atoms with van der Waals surface area (Å²) in [5.74, 6) is 2.40. The average Bonchev–Trinajstić information content (AvgIpc) is 3.15. The van der Waals surface area contributed by atoms with E-state index >= 15 is 0 Å². The quantitative estimate of drug-likeness (QED) is 0.351. The second kappa shape index (κ2) is 12.6. The van der Waals surface area contributed by atoms with Crippen molar-refractivity contribution in [3.63, 3.8) is 0 Å². The molecule has 158 valence electrons. The topological polar surface area (TPSA) is 58.6 Å². The molecule has 2 rings (SSSR count). The van der Waals surface area contributed by atoms with Crippen molar-refractivity contribution in [3.8, 4) is 5.75 Å². The van der Waals surface area contributed by atoms with Gasteiger partial charge in [-0.15, -0.1) is 0 Å². The lowest BCUT2D eigenvalue weighted by Gasteiger charge is -2.22. The maximum absolute atomic E-state index is 5.83. The van der Waals surface area contributed by atoms with Crippen molar-refractivity contribution < 1.29 is 14.2 Å². The van der Waals surface area contributed by atoms with E-state index in [1.54, 1.807) is 7.11 Å². The van der Waals surface area contributed by atoms with Crippen molar-refractivity contribution in [2.45, 2.75) is 13.0 Å². The molecule has 1 atom stereocenters. The zero-order chi connectivity index (χ0) is 20.2. The van der Waals surface area contributed by atoms with E-state index < -0.39 is 0 Å². The minimum Gasteiger partial charge on any atom is -0.492 e. The molecule has 0 saturated carbocycles. The lowest BCUT2D eigenvalue weighted by molar-refractivity contribution is 0.0536. The summed E-state index contributed by atoms with van der Waals surface area (Å²) < 4.78 is 16.5. The Morgan fingerprint density at radius 2 is 2.14 bits per heavy atom. The van der Waals surface area contributed by atoms with E-state index in [1.165, 1.54) is 5.56 Å². The van der Waals surface area contributed by atoms with Crippen molar-refractivity contribution in [1.82, 2.24) is 15.1 Å². The van der Waals surface area contributed by atoms with Gasteiger partial charge in [-0.25, -0.2) is 0 Å². The summed E-state index contributed by atoms with van der Waals surface area (Å²) >= 11 is 0. The summed E-state index contributed by atoms with van der Waals surface area (Å²) in [6.45, 7) is 6.39. The lowest BCUT2D eigenvalue weighted by atomic mass is 10.1. The highest BCUT2D eigenvalue weighted by atomic mass is 16.5. The minimum atomic E-state index is 0.545. The molecule has 1 aromatic carbocycles. The highest BCUT2D eigenvalue weighted by Gasteiger charge is 2.24. The van der Waals surface area contributed by atoms with Crippen LogP contribution < -0.4 is 10.1 Å². The molecule has 1 N–H and O–H groups in total. The zero-order valence-corrected chi connectivity index (χ0v) is 17.8. The fraction of sp³-hybridized carbons (Fsp3) is 0.667. The molecular formula is C21H36N4O3. The number of nitrogens with zero attached hydrogens (tertiary/aromatic N) is 3. The fourth-order valence-corrected chi connectivity index (χ4v) is 3.16. The van der Waals surface area contributed by atoms with Gasteiger partial charge in [0.1, 0.15) is 12.4 Å². The molecule has 0 amide bonds. The van der Waals surface area contributed by atoms with Gasteiger partial charge in [0, 0.05) is 46.3 Å². The molecule has 7 heteroatoms. The van der Waals surface area contributed by atoms with E-state index in [4.69, 9.17) is 14.2 Å². The molecule has 0 radical (unpaired) electrons. The molecule has 1 heterocycles. The first-order valence-electron chi connectivity index (χ1n) is 10.0. The second-order valence-electron chi connectivity index (χ2n) is 7.37. The maximum Gasteiger partial charge on any atom is 0.193 e. The van der Waals surface area contributed by atoms with Gasteiger partial charge in [-0.05, 0) is 38.2 Å². The van der Waals surface area contributed by atoms with Crippen molar-refractivity contribution >= 4 is 5.96 Å². The Morgan fingerprint density at radius 1 is 1.29 bits per heavy atom. The lowest BCUT2D eigenvalue weighted by Crippen LogP contribution is -2.39. The predicted molar refractivity (Wildman–Crippen MR) is 113 cm³/mol. The number of guanidine groups is 1. The van der Waals surface area contributed by atoms with E-state index in [0.29, 0.717) is 25.7 Å². The number of likely N-dealkylation sites (N-methyl/N-ethyl adjacent to an activating group) is 1. The Balaban J connectivity index is 1.76. The van der Waals surface area contributed by atoms with Crippen LogP contribution in [-0.2, 0) is 16.0 Å². The monoisotopic (exact) mass is 392 g/mol. The second-order valence-corrected chi connectivity index (χ2v) is 7.37. The van der Waals surface area contributed by atoms with Gasteiger partial charge in [-0.3, -0.25) is 4.99 Å². The maximum atomic E-state index is 5.83. The third-order valence-corrected chi connectivity index (χ3v) is 4.74. The molecule has 1 fully saturated rings. The van der Waals surface area contributed by atoms with Gasteiger partial charge >= 0.3 is 0 Å². The Kier molecular flexibility index (Phi) is 10.1. The van der Waals surface area contributed by atoms with E-state index in [1.807, 2.05) is 33.3 Å². The van der Waals surface area contributed by atoms with Crippen LogP contribution in [0.3, 0.4) is 0 Å². The summed E-state index contributed by atoms with van der Waals surface area (Å²) in [5, 5.41) is 3.48. The number of nitrogens with one attached hydrogen (secondary N) is 1. The van der Waals surface area contributed by atoms with Crippen molar-refractivity contribution in [1.29, 1.82) is 0 Å². The molecule has 0 aliphatic carbocycles. The molecular weight excluding hydrogens is 356 g/mol. The van der Waals surface area contributed by atoms with E-state index in [0.717, 1.165) is 50.9 Å². The number of ether oxygens (including phenoxy) is 3. The molecule has 1 aliphatic rings. The normalized spacial score (nSPS) is 17.4. The first kappa shape index (κ1) is 22.5. The molecule has 0 spiro atoms. The number of likely N-dealkylation sites (tertiary alicyclic amines) is 1. The van der Waals surface area contributed by atoms with Crippen LogP contribution >= 0.6 is 0 Å². The third-order valence-electron chi connectivity index (χ3n) is 4.74. The van der Waals surface area contributed by atoms with Gasteiger partial charge in [0.05, 0.1) is 19.8 Å². The van der Waals surface area contributed by atoms with Crippen LogP contribution in [0.25, 0.3) is 0 Å². The van der Waals surface area contributed by atoms with Crippen molar-refractivity contribution in [3.05, 3.63) is 29.8 Å². The summed E-state index contributed by atoms with van der Waals surface area (Å²) in [5.41, 5.74) is 1.18. The van der Waals surface area contributed by atoms with Gasteiger partial charge in [0.15, 0.2) is 5.96 Å². The Hall–Kier alpha value is -1.83. The summed E-state index contributed by atoms with van der Waals surface area (Å²) in [6, 6.07) is 8.23. The van der Waals surface area contributed by atoms with Gasteiger partial charge in [-0.1, -0.05) is 12.1 Å². The molecule has 1 saturated heterocycles. The number of hydrogen-bond donors (Lipinski definition) is 1. The van der Waals surface area contributed by atoms with Gasteiger partial charge in [0.25, 0.3) is 0 Å². The largest absolute Gasteiger partial charge is 0.492 e. The van der Waals surface area contributed by atoms with Crippen LogP contribution in [0.2, 0.25) is 0 Å². The molecule has 1 aromatic rings. The molecule has 28 heavy (non-hydrogen) atoms. The number of benzene rings is 1. The predicted octanol–water partition coefficient (Wildman–Crippen LogP) is 1.69. The highest BCUT2D eigenvalue weighted by molar-refractivity contribution is 5.80. The van der Waals surface area contributed by atoms with Crippen LogP contribution in [0, 0.1) is 5.92 Å². The zero-order valence-electron chi connectivity index (χ0n) is 17.8. The number of aliphatic imine (C=N–C) groups is 1. The van der Waals surface area contributed by atoms with Crippen LogP contribution in [0.5, 0.6) is 5.75 Å². The minimum absolute atomic E-state index is 0.545. The molecule has 1 unspecified atom stereocenters. The van der Waals surface area contributed by atoms with Crippen LogP contribution in [-0.4, -0.2) is 90.1 Å². The Labute approximate surface area is 169 Å². The average molecular weight is 393 g/mol. The molecule has 7 nitrogen and oxygen atoms in total. The first-order chi connectivity index (χ1) is 13.6. The van der Waals surface area contributed by atoms with Gasteiger partial charge < -0.3 is 29.3 Å². The fourth-order valence-electron chi connectivity index (χ4n) is 3.16. The summed E-state index contributed by atoms with van der Waals surface area (Å²) in [4.78, 5) is 8.87. The number of hydrogen-bond acceptors (Lipinski definition) is 5.